The van der Waals surface area contributed by atoms with E-state index in [1.54, 1.807) is 7.11 Å². The highest BCUT2D eigenvalue weighted by molar-refractivity contribution is 7.09. The molecule has 24 heavy (non-hydrogen) atoms. The van der Waals surface area contributed by atoms with Gasteiger partial charge in [0, 0.05) is 25.6 Å². The molecule has 0 aliphatic carbocycles. The normalized spacial score (nSPS) is 15.5. The van der Waals surface area contributed by atoms with Gasteiger partial charge < -0.3 is 14.4 Å². The van der Waals surface area contributed by atoms with Gasteiger partial charge in [0.15, 0.2) is 0 Å². The minimum Gasteiger partial charge on any atom is -0.486 e. The summed E-state index contributed by atoms with van der Waals surface area (Å²) in [5.74, 6) is 0.813. The number of aromatic nitrogens is 1. The predicted octanol–water partition coefficient (Wildman–Crippen LogP) is 3.28. The lowest BCUT2D eigenvalue weighted by Gasteiger charge is -2.30. The highest BCUT2D eigenvalue weighted by Crippen LogP contribution is 2.19. The van der Waals surface area contributed by atoms with Crippen LogP contribution in [-0.2, 0) is 11.3 Å². The van der Waals surface area contributed by atoms with E-state index in [-0.39, 0.29) is 12.0 Å². The van der Waals surface area contributed by atoms with Gasteiger partial charge in [0.05, 0.1) is 6.10 Å². The van der Waals surface area contributed by atoms with E-state index >= 15 is 0 Å². The van der Waals surface area contributed by atoms with Crippen LogP contribution in [0.2, 0.25) is 0 Å². The topological polar surface area (TPSA) is 51.7 Å². The summed E-state index contributed by atoms with van der Waals surface area (Å²) >= 11 is 1.46. The number of thiazole rings is 1. The fourth-order valence-corrected chi connectivity index (χ4v) is 3.39. The Morgan fingerprint density at radius 3 is 2.67 bits per heavy atom. The number of hydrogen-bond donors (Lipinski definition) is 0. The molecule has 1 saturated heterocycles. The molecule has 0 radical (unpaired) electrons. The third-order valence-corrected chi connectivity index (χ3v) is 5.04. The molecule has 0 unspecified atom stereocenters. The standard InChI is InChI=1S/C18H22N2O3S/c1-13-3-5-15(6-4-13)23-11-17-19-16(12-24-17)18(21)20-9-7-14(22-2)8-10-20/h3-6,12,14H,7-11H2,1-2H3. The molecule has 0 saturated carbocycles. The number of hydrogen-bond acceptors (Lipinski definition) is 5. The fourth-order valence-electron chi connectivity index (χ4n) is 2.71. The van der Waals surface area contributed by atoms with Crippen LogP contribution >= 0.6 is 11.3 Å². The molecule has 2 heterocycles. The molecule has 128 valence electrons. The average molecular weight is 346 g/mol. The van der Waals surface area contributed by atoms with E-state index in [0.29, 0.717) is 12.3 Å². The first-order valence-corrected chi connectivity index (χ1v) is 8.99. The maximum atomic E-state index is 12.5. The van der Waals surface area contributed by atoms with Crippen molar-refractivity contribution < 1.29 is 14.3 Å². The van der Waals surface area contributed by atoms with Crippen molar-refractivity contribution in [1.29, 1.82) is 0 Å². The van der Waals surface area contributed by atoms with Crippen molar-refractivity contribution in [2.45, 2.75) is 32.5 Å². The average Bonchev–Trinajstić information content (AvgIpc) is 3.10. The Hall–Kier alpha value is -1.92. The Kier molecular flexibility index (Phi) is 5.48. The van der Waals surface area contributed by atoms with Gasteiger partial charge in [0.2, 0.25) is 0 Å². The first-order chi connectivity index (χ1) is 11.7. The maximum Gasteiger partial charge on any atom is 0.273 e. The summed E-state index contributed by atoms with van der Waals surface area (Å²) < 4.78 is 11.1. The number of carbonyl (C=O) groups excluding carboxylic acids is 1. The van der Waals surface area contributed by atoms with E-state index in [1.165, 1.54) is 16.9 Å². The van der Waals surface area contributed by atoms with Gasteiger partial charge in [-0.3, -0.25) is 4.79 Å². The van der Waals surface area contributed by atoms with Crippen LogP contribution in [-0.4, -0.2) is 42.1 Å². The van der Waals surface area contributed by atoms with Gasteiger partial charge in [-0.2, -0.15) is 0 Å². The summed E-state index contributed by atoms with van der Waals surface area (Å²) in [5, 5.41) is 2.63. The molecule has 1 amide bonds. The van der Waals surface area contributed by atoms with Crippen molar-refractivity contribution in [3.63, 3.8) is 0 Å². The molecule has 1 aromatic heterocycles. The minimum atomic E-state index is 0.00221. The second kappa shape index (κ2) is 7.77. The SMILES string of the molecule is COC1CCN(C(=O)c2csc(COc3ccc(C)cc3)n2)CC1. The Morgan fingerprint density at radius 1 is 1.29 bits per heavy atom. The lowest BCUT2D eigenvalue weighted by atomic mass is 10.1. The highest BCUT2D eigenvalue weighted by atomic mass is 32.1. The molecule has 1 aliphatic heterocycles. The van der Waals surface area contributed by atoms with Crippen LogP contribution in [0.5, 0.6) is 5.75 Å². The van der Waals surface area contributed by atoms with Crippen LogP contribution in [0.25, 0.3) is 0 Å². The van der Waals surface area contributed by atoms with E-state index in [4.69, 9.17) is 9.47 Å². The fraction of sp³-hybridized carbons (Fsp3) is 0.444. The van der Waals surface area contributed by atoms with E-state index < -0.39 is 0 Å². The van der Waals surface area contributed by atoms with Crippen molar-refractivity contribution in [2.75, 3.05) is 20.2 Å². The number of nitrogens with zero attached hydrogens (tertiary/aromatic N) is 2. The van der Waals surface area contributed by atoms with Gasteiger partial charge in [-0.1, -0.05) is 17.7 Å². The number of likely N-dealkylation sites (tertiary alicyclic amines) is 1. The van der Waals surface area contributed by atoms with Gasteiger partial charge in [0.25, 0.3) is 5.91 Å². The number of piperidine rings is 1. The van der Waals surface area contributed by atoms with E-state index in [1.807, 2.05) is 41.5 Å². The summed E-state index contributed by atoms with van der Waals surface area (Å²) in [4.78, 5) is 18.8. The van der Waals surface area contributed by atoms with Crippen molar-refractivity contribution in [1.82, 2.24) is 9.88 Å². The Bertz CT molecular complexity index is 676. The molecule has 1 fully saturated rings. The quantitative estimate of drug-likeness (QED) is 0.834. The zero-order valence-corrected chi connectivity index (χ0v) is 14.8. The number of ether oxygens (including phenoxy) is 2. The maximum absolute atomic E-state index is 12.5. The van der Waals surface area contributed by atoms with Crippen LogP contribution in [0.3, 0.4) is 0 Å². The molecule has 1 aliphatic rings. The first-order valence-electron chi connectivity index (χ1n) is 8.11. The van der Waals surface area contributed by atoms with E-state index in [0.717, 1.165) is 36.7 Å². The summed E-state index contributed by atoms with van der Waals surface area (Å²) in [6, 6.07) is 7.90. The van der Waals surface area contributed by atoms with Crippen LogP contribution in [0.1, 0.15) is 33.9 Å². The molecule has 2 aromatic rings. The van der Waals surface area contributed by atoms with Crippen LogP contribution < -0.4 is 4.74 Å². The summed E-state index contributed by atoms with van der Waals surface area (Å²) in [6.07, 6.45) is 2.04. The van der Waals surface area contributed by atoms with Gasteiger partial charge in [0.1, 0.15) is 23.1 Å². The van der Waals surface area contributed by atoms with Crippen molar-refractivity contribution in [3.8, 4) is 5.75 Å². The van der Waals surface area contributed by atoms with Crippen molar-refractivity contribution >= 4 is 17.2 Å². The third kappa shape index (κ3) is 4.13. The summed E-state index contributed by atoms with van der Waals surface area (Å²) in [6.45, 7) is 3.87. The molecule has 6 heteroatoms. The van der Waals surface area contributed by atoms with Gasteiger partial charge in [-0.15, -0.1) is 11.3 Å². The second-order valence-corrected chi connectivity index (χ2v) is 6.90. The van der Waals surface area contributed by atoms with Crippen LogP contribution in [0, 0.1) is 6.92 Å². The number of carbonyl (C=O) groups is 1. The second-order valence-electron chi connectivity index (χ2n) is 5.96. The van der Waals surface area contributed by atoms with E-state index in [9.17, 15) is 4.79 Å². The monoisotopic (exact) mass is 346 g/mol. The van der Waals surface area contributed by atoms with E-state index in [2.05, 4.69) is 4.98 Å². The largest absolute Gasteiger partial charge is 0.486 e. The number of methoxy groups -OCH3 is 1. The highest BCUT2D eigenvalue weighted by Gasteiger charge is 2.24. The lowest BCUT2D eigenvalue weighted by Crippen LogP contribution is -2.40. The third-order valence-electron chi connectivity index (χ3n) is 4.22. The predicted molar refractivity (Wildman–Crippen MR) is 93.6 cm³/mol. The molecule has 0 atom stereocenters. The van der Waals surface area contributed by atoms with Gasteiger partial charge in [-0.05, 0) is 31.9 Å². The van der Waals surface area contributed by atoms with Crippen LogP contribution in [0.4, 0.5) is 0 Å². The Morgan fingerprint density at radius 2 is 2.00 bits per heavy atom. The molecule has 1 aromatic carbocycles. The zero-order valence-electron chi connectivity index (χ0n) is 14.0. The molecular formula is C18H22N2O3S. The van der Waals surface area contributed by atoms with Crippen LogP contribution in [0.15, 0.2) is 29.6 Å². The molecule has 5 nitrogen and oxygen atoms in total. The molecule has 0 N–H and O–H groups in total. The zero-order chi connectivity index (χ0) is 16.9. The lowest BCUT2D eigenvalue weighted by molar-refractivity contribution is 0.0348. The molecule has 3 rings (SSSR count). The number of rotatable bonds is 5. The number of aryl methyl sites for hydroxylation is 1. The summed E-state index contributed by atoms with van der Waals surface area (Å²) in [5.41, 5.74) is 1.71. The minimum absolute atomic E-state index is 0.00221. The van der Waals surface area contributed by atoms with Gasteiger partial charge >= 0.3 is 0 Å². The first kappa shape index (κ1) is 16.9. The van der Waals surface area contributed by atoms with Crippen molar-refractivity contribution in [3.05, 3.63) is 45.9 Å². The number of amides is 1. The molecular weight excluding hydrogens is 324 g/mol. The molecule has 0 spiro atoms. The Balaban J connectivity index is 1.55. The molecule has 0 bridgehead atoms. The van der Waals surface area contributed by atoms with Crippen molar-refractivity contribution in [2.24, 2.45) is 0 Å². The Labute approximate surface area is 146 Å². The van der Waals surface area contributed by atoms with Gasteiger partial charge in [-0.25, -0.2) is 4.98 Å². The summed E-state index contributed by atoms with van der Waals surface area (Å²) in [7, 11) is 1.73. The number of benzene rings is 1. The smallest absolute Gasteiger partial charge is 0.273 e.